The van der Waals surface area contributed by atoms with Crippen LogP contribution >= 0.6 is 15.9 Å². The molecule has 2 atom stereocenters. The van der Waals surface area contributed by atoms with E-state index in [4.69, 9.17) is 0 Å². The number of halogens is 1. The fourth-order valence-electron chi connectivity index (χ4n) is 1.23. The molecule has 0 saturated heterocycles. The number of allylic oxidation sites excluding steroid dienone is 2. The highest BCUT2D eigenvalue weighted by molar-refractivity contribution is 9.09. The van der Waals surface area contributed by atoms with E-state index >= 15 is 0 Å². The minimum atomic E-state index is 0.697. The Hall–Kier alpha value is 0.220. The molecule has 2 unspecified atom stereocenters. The maximum Gasteiger partial charge on any atom is 0.0148 e. The number of hydrogen-bond donors (Lipinski definition) is 0. The minimum Gasteiger partial charge on any atom is -0.0891 e. The van der Waals surface area contributed by atoms with E-state index in [9.17, 15) is 0 Å². The second-order valence-electron chi connectivity index (χ2n) is 2.72. The molecule has 0 bridgehead atoms. The Labute approximate surface area is 65.5 Å². The van der Waals surface area contributed by atoms with Gasteiger partial charge in [0, 0.05) is 4.83 Å². The molecule has 1 aliphatic rings. The molecule has 0 aromatic heterocycles. The predicted molar refractivity (Wildman–Crippen MR) is 44.9 cm³/mol. The molecule has 9 heavy (non-hydrogen) atoms. The summed E-state index contributed by atoms with van der Waals surface area (Å²) >= 11 is 3.60. The Kier molecular flexibility index (Phi) is 2.77. The third-order valence-corrected chi connectivity index (χ3v) is 2.71. The largest absolute Gasteiger partial charge is 0.0891 e. The lowest BCUT2D eigenvalue weighted by Crippen LogP contribution is -2.11. The van der Waals surface area contributed by atoms with Crippen LogP contribution in [0, 0.1) is 5.92 Å². The second-order valence-corrected chi connectivity index (χ2v) is 4.17. The van der Waals surface area contributed by atoms with Gasteiger partial charge in [-0.2, -0.15) is 0 Å². The van der Waals surface area contributed by atoms with E-state index in [1.165, 1.54) is 19.3 Å². The van der Waals surface area contributed by atoms with E-state index in [1.807, 2.05) is 0 Å². The number of hydrogen-bond acceptors (Lipinski definition) is 0. The van der Waals surface area contributed by atoms with Gasteiger partial charge in [0.2, 0.25) is 0 Å². The fourth-order valence-corrected chi connectivity index (χ4v) is 1.71. The second kappa shape index (κ2) is 3.40. The normalized spacial score (nSPS) is 30.2. The molecular formula is C8H13Br. The highest BCUT2D eigenvalue weighted by Gasteiger charge is 2.13. The monoisotopic (exact) mass is 188 g/mol. The molecule has 1 rings (SSSR count). The van der Waals surface area contributed by atoms with Crippen LogP contribution in [0.4, 0.5) is 0 Å². The van der Waals surface area contributed by atoms with E-state index in [2.05, 4.69) is 35.0 Å². The Balaban J connectivity index is 2.35. The van der Waals surface area contributed by atoms with Crippen molar-refractivity contribution < 1.29 is 0 Å². The van der Waals surface area contributed by atoms with E-state index in [0.29, 0.717) is 4.83 Å². The van der Waals surface area contributed by atoms with Crippen LogP contribution in [0.1, 0.15) is 26.2 Å². The van der Waals surface area contributed by atoms with Crippen molar-refractivity contribution in [1.29, 1.82) is 0 Å². The lowest BCUT2D eigenvalue weighted by Gasteiger charge is -2.19. The number of alkyl halides is 1. The van der Waals surface area contributed by atoms with Gasteiger partial charge in [-0.1, -0.05) is 35.0 Å². The molecule has 1 aliphatic carbocycles. The van der Waals surface area contributed by atoms with Gasteiger partial charge in [0.15, 0.2) is 0 Å². The van der Waals surface area contributed by atoms with Crippen LogP contribution < -0.4 is 0 Å². The van der Waals surface area contributed by atoms with Gasteiger partial charge < -0.3 is 0 Å². The highest BCUT2D eigenvalue weighted by Crippen LogP contribution is 2.25. The topological polar surface area (TPSA) is 0 Å². The van der Waals surface area contributed by atoms with E-state index in [-0.39, 0.29) is 0 Å². The van der Waals surface area contributed by atoms with Crippen LogP contribution in [0.25, 0.3) is 0 Å². The molecule has 0 radical (unpaired) electrons. The Bertz CT molecular complexity index is 105. The molecule has 0 aromatic carbocycles. The van der Waals surface area contributed by atoms with E-state index in [0.717, 1.165) is 5.92 Å². The van der Waals surface area contributed by atoms with Gasteiger partial charge in [0.05, 0.1) is 0 Å². The molecule has 0 aromatic rings. The Morgan fingerprint density at radius 2 is 2.33 bits per heavy atom. The summed E-state index contributed by atoms with van der Waals surface area (Å²) in [5, 5.41) is 0. The van der Waals surface area contributed by atoms with Gasteiger partial charge in [-0.25, -0.2) is 0 Å². The molecule has 0 aliphatic heterocycles. The van der Waals surface area contributed by atoms with Crippen molar-refractivity contribution in [3.8, 4) is 0 Å². The third kappa shape index (κ3) is 2.13. The highest BCUT2D eigenvalue weighted by atomic mass is 79.9. The van der Waals surface area contributed by atoms with Crippen LogP contribution in [-0.2, 0) is 0 Å². The summed E-state index contributed by atoms with van der Waals surface area (Å²) in [5.41, 5.74) is 0. The van der Waals surface area contributed by atoms with Crippen LogP contribution in [-0.4, -0.2) is 4.83 Å². The van der Waals surface area contributed by atoms with Crippen LogP contribution in [0.3, 0.4) is 0 Å². The van der Waals surface area contributed by atoms with Gasteiger partial charge in [0.25, 0.3) is 0 Å². The lowest BCUT2D eigenvalue weighted by molar-refractivity contribution is 0.481. The van der Waals surface area contributed by atoms with Crippen molar-refractivity contribution in [3.63, 3.8) is 0 Å². The molecule has 0 heterocycles. The Morgan fingerprint density at radius 3 is 2.67 bits per heavy atom. The SMILES string of the molecule is CC(Br)C1CC=CCC1. The maximum absolute atomic E-state index is 3.60. The minimum absolute atomic E-state index is 0.697. The summed E-state index contributed by atoms with van der Waals surface area (Å²) in [7, 11) is 0. The summed E-state index contributed by atoms with van der Waals surface area (Å²) in [6.45, 7) is 2.24. The van der Waals surface area contributed by atoms with Gasteiger partial charge in [0.1, 0.15) is 0 Å². The van der Waals surface area contributed by atoms with Crippen molar-refractivity contribution in [3.05, 3.63) is 12.2 Å². The van der Waals surface area contributed by atoms with Gasteiger partial charge >= 0.3 is 0 Å². The van der Waals surface area contributed by atoms with E-state index < -0.39 is 0 Å². The van der Waals surface area contributed by atoms with Crippen molar-refractivity contribution in [1.82, 2.24) is 0 Å². The van der Waals surface area contributed by atoms with Gasteiger partial charge in [-0.15, -0.1) is 0 Å². The van der Waals surface area contributed by atoms with Crippen LogP contribution in [0.2, 0.25) is 0 Å². The molecule has 0 amide bonds. The first-order chi connectivity index (χ1) is 4.30. The van der Waals surface area contributed by atoms with Crippen molar-refractivity contribution in [2.24, 2.45) is 5.92 Å². The average molecular weight is 189 g/mol. The molecule has 0 spiro atoms. The molecule has 0 N–H and O–H groups in total. The predicted octanol–water partition coefficient (Wildman–Crippen LogP) is 3.13. The fraction of sp³-hybridized carbons (Fsp3) is 0.750. The first-order valence-corrected chi connectivity index (χ1v) is 4.51. The summed E-state index contributed by atoms with van der Waals surface area (Å²) in [6.07, 6.45) is 8.49. The standard InChI is InChI=1S/C8H13Br/c1-7(9)8-5-3-2-4-6-8/h2-3,7-8H,4-6H2,1H3. The number of rotatable bonds is 1. The lowest BCUT2D eigenvalue weighted by atomic mass is 9.92. The van der Waals surface area contributed by atoms with Crippen molar-refractivity contribution in [2.75, 3.05) is 0 Å². The summed E-state index contributed by atoms with van der Waals surface area (Å²) in [6, 6.07) is 0. The molecule has 0 nitrogen and oxygen atoms in total. The maximum atomic E-state index is 3.60. The molecule has 52 valence electrons. The van der Waals surface area contributed by atoms with Crippen LogP contribution in [0.15, 0.2) is 12.2 Å². The zero-order valence-electron chi connectivity index (χ0n) is 5.81. The van der Waals surface area contributed by atoms with Crippen LogP contribution in [0.5, 0.6) is 0 Å². The zero-order valence-corrected chi connectivity index (χ0v) is 7.39. The average Bonchev–Trinajstić information content (AvgIpc) is 1.90. The molecule has 0 saturated carbocycles. The summed E-state index contributed by atoms with van der Waals surface area (Å²) in [5.74, 6) is 0.884. The molecule has 1 heteroatoms. The smallest absolute Gasteiger partial charge is 0.0148 e. The quantitative estimate of drug-likeness (QED) is 0.439. The van der Waals surface area contributed by atoms with Crippen molar-refractivity contribution >= 4 is 15.9 Å². The molecule has 0 fully saturated rings. The van der Waals surface area contributed by atoms with Crippen molar-refractivity contribution in [2.45, 2.75) is 31.0 Å². The first kappa shape index (κ1) is 7.33. The van der Waals surface area contributed by atoms with E-state index in [1.54, 1.807) is 0 Å². The first-order valence-electron chi connectivity index (χ1n) is 3.60. The Morgan fingerprint density at radius 1 is 1.56 bits per heavy atom. The third-order valence-electron chi connectivity index (χ3n) is 1.96. The van der Waals surface area contributed by atoms with Gasteiger partial charge in [-0.05, 0) is 25.2 Å². The summed E-state index contributed by atoms with van der Waals surface area (Å²) in [4.78, 5) is 0.697. The summed E-state index contributed by atoms with van der Waals surface area (Å²) < 4.78 is 0. The molecular weight excluding hydrogens is 176 g/mol. The zero-order chi connectivity index (χ0) is 6.69. The van der Waals surface area contributed by atoms with Gasteiger partial charge in [-0.3, -0.25) is 0 Å².